The van der Waals surface area contributed by atoms with Gasteiger partial charge in [0, 0.05) is 23.1 Å². The first-order valence-corrected chi connectivity index (χ1v) is 9.84. The number of nitrogens with zero attached hydrogens (tertiary/aromatic N) is 2. The van der Waals surface area contributed by atoms with Crippen molar-refractivity contribution in [2.24, 2.45) is 0 Å². The summed E-state index contributed by atoms with van der Waals surface area (Å²) in [6, 6.07) is 13.3. The molecule has 3 aromatic rings. The molecular formula is C20H17N3O3S. The number of amides is 1. The third-order valence-electron chi connectivity index (χ3n) is 4.52. The summed E-state index contributed by atoms with van der Waals surface area (Å²) in [6.45, 7) is 0.215. The maximum absolute atomic E-state index is 12.4. The number of nitrogens with one attached hydrogen (secondary N) is 1. The summed E-state index contributed by atoms with van der Waals surface area (Å²) in [7, 11) is 0. The van der Waals surface area contributed by atoms with E-state index in [0.717, 1.165) is 34.6 Å². The smallest absolute Gasteiger partial charge is 0.234 e. The molecule has 0 unspecified atom stereocenters. The fourth-order valence-corrected chi connectivity index (χ4v) is 3.83. The van der Waals surface area contributed by atoms with E-state index in [4.69, 9.17) is 14.5 Å². The van der Waals surface area contributed by atoms with Crippen molar-refractivity contribution in [2.75, 3.05) is 17.9 Å². The summed E-state index contributed by atoms with van der Waals surface area (Å²) in [5.74, 6) is 2.90. The molecule has 5 rings (SSSR count). The Morgan fingerprint density at radius 2 is 1.96 bits per heavy atom. The quantitative estimate of drug-likeness (QED) is 0.534. The van der Waals surface area contributed by atoms with Gasteiger partial charge in [-0.15, -0.1) is 0 Å². The van der Waals surface area contributed by atoms with Crippen LogP contribution < -0.4 is 14.8 Å². The number of thioether (sulfide) groups is 1. The molecule has 0 radical (unpaired) electrons. The van der Waals surface area contributed by atoms with Gasteiger partial charge in [0.1, 0.15) is 10.9 Å². The zero-order valence-corrected chi connectivity index (χ0v) is 15.3. The van der Waals surface area contributed by atoms with Crippen LogP contribution in [0.4, 0.5) is 5.69 Å². The number of benzene rings is 2. The lowest BCUT2D eigenvalue weighted by molar-refractivity contribution is -0.113. The first-order chi connectivity index (χ1) is 13.3. The number of para-hydroxylation sites is 1. The van der Waals surface area contributed by atoms with Gasteiger partial charge < -0.3 is 14.8 Å². The molecule has 1 amide bonds. The molecule has 1 aliphatic carbocycles. The zero-order chi connectivity index (χ0) is 18.2. The molecule has 1 saturated carbocycles. The van der Waals surface area contributed by atoms with E-state index >= 15 is 0 Å². The number of fused-ring (bicyclic) bond motifs is 2. The Labute approximate surface area is 160 Å². The van der Waals surface area contributed by atoms with Crippen LogP contribution >= 0.6 is 11.8 Å². The lowest BCUT2D eigenvalue weighted by atomic mass is 10.2. The zero-order valence-electron chi connectivity index (χ0n) is 14.5. The van der Waals surface area contributed by atoms with Crippen molar-refractivity contribution < 1.29 is 14.3 Å². The average Bonchev–Trinajstić information content (AvgIpc) is 3.44. The van der Waals surface area contributed by atoms with E-state index < -0.39 is 0 Å². The van der Waals surface area contributed by atoms with Gasteiger partial charge in [-0.2, -0.15) is 0 Å². The summed E-state index contributed by atoms with van der Waals surface area (Å²) in [6.07, 6.45) is 2.29. The van der Waals surface area contributed by atoms with Crippen LogP contribution in [0.15, 0.2) is 47.5 Å². The van der Waals surface area contributed by atoms with Crippen LogP contribution in [0, 0.1) is 0 Å². The number of hydrogen-bond donors (Lipinski definition) is 1. The van der Waals surface area contributed by atoms with Gasteiger partial charge in [-0.1, -0.05) is 30.0 Å². The summed E-state index contributed by atoms with van der Waals surface area (Å²) < 4.78 is 10.6. The first kappa shape index (κ1) is 16.4. The van der Waals surface area contributed by atoms with Crippen molar-refractivity contribution in [1.29, 1.82) is 0 Å². The molecule has 0 atom stereocenters. The predicted octanol–water partition coefficient (Wildman–Crippen LogP) is 3.97. The molecule has 2 heterocycles. The summed E-state index contributed by atoms with van der Waals surface area (Å²) >= 11 is 1.44. The second-order valence-electron chi connectivity index (χ2n) is 6.58. The van der Waals surface area contributed by atoms with Crippen molar-refractivity contribution in [3.8, 4) is 11.5 Å². The van der Waals surface area contributed by atoms with E-state index in [1.165, 1.54) is 11.8 Å². The van der Waals surface area contributed by atoms with Gasteiger partial charge in [0.05, 0.1) is 11.3 Å². The molecule has 27 heavy (non-hydrogen) atoms. The van der Waals surface area contributed by atoms with E-state index in [-0.39, 0.29) is 18.5 Å². The highest BCUT2D eigenvalue weighted by molar-refractivity contribution is 8.00. The van der Waals surface area contributed by atoms with Crippen LogP contribution in [0.3, 0.4) is 0 Å². The molecule has 1 aromatic heterocycles. The predicted molar refractivity (Wildman–Crippen MR) is 103 cm³/mol. The molecule has 1 aliphatic heterocycles. The maximum atomic E-state index is 12.4. The molecule has 1 fully saturated rings. The number of carbonyl (C=O) groups excluding carboxylic acids is 1. The van der Waals surface area contributed by atoms with Crippen molar-refractivity contribution >= 4 is 34.3 Å². The molecular weight excluding hydrogens is 362 g/mol. The Bertz CT molecular complexity index is 1040. The molecule has 2 aliphatic rings. The lowest BCUT2D eigenvalue weighted by Gasteiger charge is -2.09. The fraction of sp³-hybridized carbons (Fsp3) is 0.250. The molecule has 0 spiro atoms. The lowest BCUT2D eigenvalue weighted by Crippen LogP contribution is -2.14. The second kappa shape index (κ2) is 6.74. The van der Waals surface area contributed by atoms with Crippen molar-refractivity contribution in [3.05, 3.63) is 48.3 Å². The van der Waals surface area contributed by atoms with Gasteiger partial charge in [0.2, 0.25) is 12.7 Å². The van der Waals surface area contributed by atoms with Crippen molar-refractivity contribution in [2.45, 2.75) is 23.8 Å². The normalized spacial score (nSPS) is 15.1. The Kier molecular flexibility index (Phi) is 4.09. The van der Waals surface area contributed by atoms with Gasteiger partial charge in [-0.3, -0.25) is 4.79 Å². The Balaban J connectivity index is 1.31. The van der Waals surface area contributed by atoms with Crippen molar-refractivity contribution in [3.63, 3.8) is 0 Å². The average molecular weight is 379 g/mol. The van der Waals surface area contributed by atoms with E-state index in [1.807, 2.05) is 24.3 Å². The van der Waals surface area contributed by atoms with E-state index in [9.17, 15) is 4.79 Å². The van der Waals surface area contributed by atoms with Crippen LogP contribution in [0.25, 0.3) is 10.9 Å². The summed E-state index contributed by atoms with van der Waals surface area (Å²) in [5, 5.41) is 4.75. The molecule has 1 N–H and O–H groups in total. The Hall–Kier alpha value is -2.80. The minimum absolute atomic E-state index is 0.0884. The highest BCUT2D eigenvalue weighted by atomic mass is 32.2. The van der Waals surface area contributed by atoms with E-state index in [0.29, 0.717) is 23.1 Å². The summed E-state index contributed by atoms with van der Waals surface area (Å²) in [5.41, 5.74) is 1.63. The van der Waals surface area contributed by atoms with Gasteiger partial charge >= 0.3 is 0 Å². The fourth-order valence-electron chi connectivity index (χ4n) is 3.00. The molecule has 2 aromatic carbocycles. The number of ether oxygens (including phenoxy) is 2. The Morgan fingerprint density at radius 3 is 2.85 bits per heavy atom. The largest absolute Gasteiger partial charge is 0.454 e. The van der Waals surface area contributed by atoms with E-state index in [1.54, 1.807) is 18.2 Å². The maximum Gasteiger partial charge on any atom is 0.234 e. The number of aromatic nitrogens is 2. The minimum Gasteiger partial charge on any atom is -0.454 e. The van der Waals surface area contributed by atoms with Gasteiger partial charge in [-0.05, 0) is 31.0 Å². The van der Waals surface area contributed by atoms with Crippen LogP contribution in [0.1, 0.15) is 24.6 Å². The van der Waals surface area contributed by atoms with E-state index in [2.05, 4.69) is 10.3 Å². The molecule has 0 bridgehead atoms. The highest BCUT2D eigenvalue weighted by Crippen LogP contribution is 2.40. The number of carbonyl (C=O) groups is 1. The van der Waals surface area contributed by atoms with Crippen molar-refractivity contribution in [1.82, 2.24) is 9.97 Å². The number of rotatable bonds is 5. The van der Waals surface area contributed by atoms with Crippen LogP contribution in [-0.2, 0) is 4.79 Å². The molecule has 6 nitrogen and oxygen atoms in total. The third-order valence-corrected chi connectivity index (χ3v) is 5.52. The molecule has 7 heteroatoms. The second-order valence-corrected chi connectivity index (χ2v) is 7.55. The monoisotopic (exact) mass is 379 g/mol. The molecule has 0 saturated heterocycles. The van der Waals surface area contributed by atoms with Crippen LogP contribution in [0.5, 0.6) is 11.5 Å². The van der Waals surface area contributed by atoms with Gasteiger partial charge in [0.15, 0.2) is 11.5 Å². The van der Waals surface area contributed by atoms with Gasteiger partial charge in [0.25, 0.3) is 0 Å². The topological polar surface area (TPSA) is 73.3 Å². The first-order valence-electron chi connectivity index (χ1n) is 8.85. The van der Waals surface area contributed by atoms with Crippen LogP contribution in [0.2, 0.25) is 0 Å². The molecule has 136 valence electrons. The van der Waals surface area contributed by atoms with Crippen LogP contribution in [-0.4, -0.2) is 28.4 Å². The third kappa shape index (κ3) is 3.42. The highest BCUT2D eigenvalue weighted by Gasteiger charge is 2.27. The summed E-state index contributed by atoms with van der Waals surface area (Å²) in [4.78, 5) is 21.8. The SMILES string of the molecule is O=C(CSc1nc(C2CC2)nc2ccccc12)Nc1ccc2c(c1)OCO2. The number of hydrogen-bond acceptors (Lipinski definition) is 6. The Morgan fingerprint density at radius 1 is 1.11 bits per heavy atom. The number of anilines is 1. The standard InChI is InChI=1S/C20H17N3O3S/c24-18(21-13-7-8-16-17(9-13)26-11-25-16)10-27-20-14-3-1-2-4-15(14)22-19(23-20)12-5-6-12/h1-4,7-9,12H,5-6,10-11H2,(H,21,24). The van der Waals surface area contributed by atoms with Gasteiger partial charge in [-0.25, -0.2) is 9.97 Å². The minimum atomic E-state index is -0.0884.